The van der Waals surface area contributed by atoms with Gasteiger partial charge in [-0.3, -0.25) is 37.3 Å². The number of phosphoric acid groups is 2. The molecule has 0 rings (SSSR count). The fourth-order valence-corrected chi connectivity index (χ4v) is 10.7. The Bertz CT molecular complexity index is 2430. The first-order chi connectivity index (χ1) is 47.7. The summed E-state index contributed by atoms with van der Waals surface area (Å²) in [6, 6.07) is 0. The van der Waals surface area contributed by atoms with Crippen LogP contribution in [0.4, 0.5) is 0 Å². The van der Waals surface area contributed by atoms with Crippen LogP contribution in [0.3, 0.4) is 0 Å². The molecule has 5 atom stereocenters. The standard InChI is InChI=1S/C79H130O17P2/c1-5-9-13-17-21-25-29-33-35-36-38-41-44-48-52-56-60-64-77(82)90-70-75(96-79(84)66-62-58-54-50-46-42-37-34-30-26-22-18-14-10-6-2)72-94-98(87,88)92-68-73(80)67-91-97(85,86)93-71-74(95-78(83)65-61-57-53-49-45-40-32-28-24-20-16-12-8-4)69-89-76(81)63-59-55-51-47-43-39-31-27-23-19-15-11-7-3/h9-10,13-16,19-22,25-28,31-35,37-38,41,48,52,73-75,80H,5-8,11-12,17-18,23-24,29-30,36,39-40,42-47,49-51,53-72H2,1-4H3,(H,85,86)(H,87,88)/b13-9-,14-10-,19-15-,20-16-,25-21-,26-22-,31-27-,32-28-,35-33-,37-34-,41-38-,52-48-. The second-order valence-corrected chi connectivity index (χ2v) is 27.0. The van der Waals surface area contributed by atoms with Crippen LogP contribution in [0.1, 0.15) is 272 Å². The zero-order chi connectivity index (χ0) is 71.8. The summed E-state index contributed by atoms with van der Waals surface area (Å²) in [7, 11) is -9.98. The molecule has 0 aromatic heterocycles. The zero-order valence-corrected chi connectivity index (χ0v) is 62.4. The SMILES string of the molecule is CC/C=C\C/C=C\C/C=C\C/C=C\C/C=C\CCCC(=O)OCC(COP(=O)(O)OCC(O)COP(=O)(O)OCC(COC(=O)CCCCCCC/C=C\C/C=C\CCC)OC(=O)CCCCCCC/C=C\C/C=C\CCC)OC(=O)CCCCCCC/C=C\C/C=C\C/C=C\CC. The van der Waals surface area contributed by atoms with Gasteiger partial charge < -0.3 is 33.8 Å². The van der Waals surface area contributed by atoms with Crippen molar-refractivity contribution in [2.45, 2.75) is 290 Å². The van der Waals surface area contributed by atoms with Crippen molar-refractivity contribution in [3.05, 3.63) is 146 Å². The molecule has 19 heteroatoms. The molecule has 0 aromatic rings. The number of rotatable bonds is 68. The normalized spacial score (nSPS) is 14.8. The molecule has 0 radical (unpaired) electrons. The van der Waals surface area contributed by atoms with Crippen LogP contribution < -0.4 is 0 Å². The van der Waals surface area contributed by atoms with Crippen molar-refractivity contribution in [1.82, 2.24) is 0 Å². The number of carbonyl (C=O) groups is 4. The highest BCUT2D eigenvalue weighted by molar-refractivity contribution is 7.47. The minimum absolute atomic E-state index is 0.0582. The molecule has 0 heterocycles. The summed E-state index contributed by atoms with van der Waals surface area (Å²) in [5.41, 5.74) is 0. The molecule has 0 bridgehead atoms. The molecule has 0 aliphatic carbocycles. The van der Waals surface area contributed by atoms with E-state index in [4.69, 9.17) is 37.0 Å². The molecule has 0 saturated carbocycles. The monoisotopic (exact) mass is 1410 g/mol. The lowest BCUT2D eigenvalue weighted by molar-refractivity contribution is -0.161. The lowest BCUT2D eigenvalue weighted by Crippen LogP contribution is -2.30. The van der Waals surface area contributed by atoms with E-state index in [9.17, 15) is 43.2 Å². The van der Waals surface area contributed by atoms with Crippen LogP contribution in [0, 0.1) is 0 Å². The first kappa shape index (κ1) is 92.9. The third-order valence-corrected chi connectivity index (χ3v) is 16.6. The fraction of sp³-hybridized carbons (Fsp3) is 0.646. The zero-order valence-electron chi connectivity index (χ0n) is 60.7. The Labute approximate surface area is 592 Å². The minimum atomic E-state index is -5.00. The molecule has 0 aromatic carbocycles. The van der Waals surface area contributed by atoms with E-state index < -0.39 is 97.5 Å². The first-order valence-electron chi connectivity index (χ1n) is 37.1. The molecule has 5 unspecified atom stereocenters. The van der Waals surface area contributed by atoms with Gasteiger partial charge in [0.25, 0.3) is 0 Å². The highest BCUT2D eigenvalue weighted by Gasteiger charge is 2.30. The van der Waals surface area contributed by atoms with Gasteiger partial charge in [0.05, 0.1) is 26.4 Å². The number of esters is 4. The number of ether oxygens (including phenoxy) is 4. The third kappa shape index (κ3) is 69.4. The van der Waals surface area contributed by atoms with Crippen molar-refractivity contribution in [3.8, 4) is 0 Å². The Morgan fingerprint density at radius 1 is 0.296 bits per heavy atom. The molecule has 0 aliphatic rings. The van der Waals surface area contributed by atoms with Gasteiger partial charge in [0.1, 0.15) is 19.3 Å². The summed E-state index contributed by atoms with van der Waals surface area (Å²) in [6.07, 6.45) is 78.5. The number of phosphoric ester groups is 2. The van der Waals surface area contributed by atoms with Crippen molar-refractivity contribution < 1.29 is 80.2 Å². The maximum absolute atomic E-state index is 13.1. The smallest absolute Gasteiger partial charge is 0.462 e. The Hall–Kier alpha value is -5.06. The highest BCUT2D eigenvalue weighted by Crippen LogP contribution is 2.45. The number of hydrogen-bond acceptors (Lipinski definition) is 15. The van der Waals surface area contributed by atoms with Crippen LogP contribution in [0.5, 0.6) is 0 Å². The van der Waals surface area contributed by atoms with Gasteiger partial charge in [-0.1, -0.05) is 244 Å². The maximum Gasteiger partial charge on any atom is 0.472 e. The molecule has 98 heavy (non-hydrogen) atoms. The largest absolute Gasteiger partial charge is 0.472 e. The number of hydrogen-bond donors (Lipinski definition) is 3. The lowest BCUT2D eigenvalue weighted by atomic mass is 10.1. The summed E-state index contributed by atoms with van der Waals surface area (Å²) >= 11 is 0. The Morgan fingerprint density at radius 2 is 0.541 bits per heavy atom. The average molecular weight is 1410 g/mol. The van der Waals surface area contributed by atoms with Gasteiger partial charge in [0.2, 0.25) is 0 Å². The molecule has 0 aliphatic heterocycles. The summed E-state index contributed by atoms with van der Waals surface area (Å²) in [4.78, 5) is 72.8. The van der Waals surface area contributed by atoms with Crippen molar-refractivity contribution in [1.29, 1.82) is 0 Å². The van der Waals surface area contributed by atoms with Gasteiger partial charge in [0, 0.05) is 25.7 Å². The molecular formula is C79H130O17P2. The van der Waals surface area contributed by atoms with E-state index in [1.54, 1.807) is 0 Å². The summed E-state index contributed by atoms with van der Waals surface area (Å²) in [6.45, 7) is 4.37. The Morgan fingerprint density at radius 3 is 0.857 bits per heavy atom. The summed E-state index contributed by atoms with van der Waals surface area (Å²) < 4.78 is 68.3. The molecule has 3 N–H and O–H groups in total. The van der Waals surface area contributed by atoms with Crippen molar-refractivity contribution >= 4 is 39.5 Å². The van der Waals surface area contributed by atoms with E-state index in [2.05, 4.69) is 161 Å². The highest BCUT2D eigenvalue weighted by atomic mass is 31.2. The van der Waals surface area contributed by atoms with Gasteiger partial charge in [-0.15, -0.1) is 0 Å². The van der Waals surface area contributed by atoms with Crippen molar-refractivity contribution in [2.75, 3.05) is 39.6 Å². The van der Waals surface area contributed by atoms with E-state index in [0.29, 0.717) is 32.1 Å². The van der Waals surface area contributed by atoms with Gasteiger partial charge in [-0.2, -0.15) is 0 Å². The molecule has 558 valence electrons. The van der Waals surface area contributed by atoms with Crippen LogP contribution in [0.25, 0.3) is 0 Å². The average Bonchev–Trinajstić information content (AvgIpc) is 1.05. The lowest BCUT2D eigenvalue weighted by Gasteiger charge is -2.21. The van der Waals surface area contributed by atoms with Crippen molar-refractivity contribution in [3.63, 3.8) is 0 Å². The number of carbonyl (C=O) groups excluding carboxylic acids is 4. The fourth-order valence-electron chi connectivity index (χ4n) is 9.17. The number of aliphatic hydroxyl groups is 1. The molecule has 17 nitrogen and oxygen atoms in total. The number of aliphatic hydroxyl groups excluding tert-OH is 1. The van der Waals surface area contributed by atoms with Gasteiger partial charge >= 0.3 is 39.5 Å². The minimum Gasteiger partial charge on any atom is -0.462 e. The quantitative estimate of drug-likeness (QED) is 0.0169. The third-order valence-electron chi connectivity index (χ3n) is 14.7. The molecule has 0 saturated heterocycles. The predicted octanol–water partition coefficient (Wildman–Crippen LogP) is 21.1. The molecule has 0 amide bonds. The van der Waals surface area contributed by atoms with Crippen LogP contribution in [-0.2, 0) is 65.4 Å². The predicted molar refractivity (Wildman–Crippen MR) is 399 cm³/mol. The van der Waals surface area contributed by atoms with E-state index >= 15 is 0 Å². The Kier molecular flexibility index (Phi) is 66.7. The van der Waals surface area contributed by atoms with E-state index in [1.165, 1.54) is 0 Å². The van der Waals surface area contributed by atoms with Crippen LogP contribution in [-0.4, -0.2) is 96.7 Å². The molecule has 0 fully saturated rings. The van der Waals surface area contributed by atoms with E-state index in [-0.39, 0.29) is 25.7 Å². The summed E-state index contributed by atoms with van der Waals surface area (Å²) in [5.74, 6) is -2.30. The van der Waals surface area contributed by atoms with Crippen LogP contribution >= 0.6 is 15.6 Å². The van der Waals surface area contributed by atoms with Gasteiger partial charge in [-0.25, -0.2) is 9.13 Å². The number of allylic oxidation sites excluding steroid dienone is 24. The number of unbranched alkanes of at least 4 members (excludes halogenated alkanes) is 18. The molecule has 0 spiro atoms. The van der Waals surface area contributed by atoms with Crippen LogP contribution in [0.2, 0.25) is 0 Å². The molecular weight excluding hydrogens is 1280 g/mol. The van der Waals surface area contributed by atoms with E-state index in [0.717, 1.165) is 186 Å². The van der Waals surface area contributed by atoms with Gasteiger partial charge in [0.15, 0.2) is 12.2 Å². The maximum atomic E-state index is 13.1. The first-order valence-corrected chi connectivity index (χ1v) is 40.1. The van der Waals surface area contributed by atoms with Crippen molar-refractivity contribution in [2.24, 2.45) is 0 Å². The van der Waals surface area contributed by atoms with Crippen LogP contribution in [0.15, 0.2) is 146 Å². The topological polar surface area (TPSA) is 237 Å². The summed E-state index contributed by atoms with van der Waals surface area (Å²) in [5, 5.41) is 10.6. The second kappa shape index (κ2) is 70.4. The second-order valence-electron chi connectivity index (χ2n) is 24.1. The Balaban J connectivity index is 5.44. The van der Waals surface area contributed by atoms with E-state index in [1.807, 2.05) is 12.2 Å². The van der Waals surface area contributed by atoms with Gasteiger partial charge in [-0.05, 0) is 148 Å².